The van der Waals surface area contributed by atoms with Crippen LogP contribution >= 0.6 is 0 Å². The van der Waals surface area contributed by atoms with Gasteiger partial charge in [0.25, 0.3) is 0 Å². The third kappa shape index (κ3) is 2.17. The number of carboxylic acid groups (broad SMARTS) is 1. The predicted octanol–water partition coefficient (Wildman–Crippen LogP) is -0.158. The van der Waals surface area contributed by atoms with Crippen molar-refractivity contribution < 1.29 is 15.0 Å². The molecule has 1 atom stereocenters. The molecule has 0 aromatic carbocycles. The Hall–Kier alpha value is -0.570. The summed E-state index contributed by atoms with van der Waals surface area (Å²) in [7, 11) is 0. The molecule has 0 aliphatic heterocycles. The van der Waals surface area contributed by atoms with Crippen molar-refractivity contribution in [3.05, 3.63) is 0 Å². The lowest BCUT2D eigenvalue weighted by Gasteiger charge is -1.95. The fourth-order valence-electron chi connectivity index (χ4n) is 0.175. The number of rotatable bonds is 2. The van der Waals surface area contributed by atoms with Crippen LogP contribution in [-0.2, 0) is 4.79 Å². The topological polar surface area (TPSA) is 57.5 Å². The largest absolute Gasteiger partial charge is 0.479 e. The molecule has 0 spiro atoms. The van der Waals surface area contributed by atoms with Gasteiger partial charge < -0.3 is 10.2 Å². The van der Waals surface area contributed by atoms with E-state index < -0.39 is 12.1 Å². The van der Waals surface area contributed by atoms with Crippen LogP contribution in [-0.4, -0.2) is 22.3 Å². The molecule has 0 aromatic rings. The summed E-state index contributed by atoms with van der Waals surface area (Å²) < 4.78 is 0. The highest BCUT2D eigenvalue weighted by Gasteiger charge is 2.07. The van der Waals surface area contributed by atoms with Gasteiger partial charge in [0.15, 0.2) is 6.10 Å². The van der Waals surface area contributed by atoms with Crippen LogP contribution in [0.5, 0.6) is 0 Å². The molecule has 0 fully saturated rings. The van der Waals surface area contributed by atoms with Gasteiger partial charge in [-0.2, -0.15) is 0 Å². The Labute approximate surface area is 41.6 Å². The van der Waals surface area contributed by atoms with E-state index in [4.69, 9.17) is 10.2 Å². The molecule has 1 unspecified atom stereocenters. The van der Waals surface area contributed by atoms with Crippen molar-refractivity contribution >= 4 is 5.97 Å². The number of aliphatic hydroxyl groups excluding tert-OH is 1. The van der Waals surface area contributed by atoms with Crippen LogP contribution in [0.3, 0.4) is 0 Å². The average Bonchev–Trinajstić information content (AvgIpc) is 1.65. The summed E-state index contributed by atoms with van der Waals surface area (Å²) in [6.45, 7) is 1.61. The minimum atomic E-state index is -1.18. The van der Waals surface area contributed by atoms with E-state index in [2.05, 4.69) is 0 Å². The SMILES string of the molecule is [13CH3][13CH2][13CH](O)[13C](=O)O. The lowest BCUT2D eigenvalue weighted by Crippen LogP contribution is -2.17. The van der Waals surface area contributed by atoms with Crippen LogP contribution in [0.4, 0.5) is 0 Å². The number of aliphatic hydroxyl groups is 1. The molecule has 0 saturated heterocycles. The molecule has 0 amide bonds. The molecule has 3 nitrogen and oxygen atoms in total. The highest BCUT2D eigenvalue weighted by molar-refractivity contribution is 5.71. The van der Waals surface area contributed by atoms with Crippen molar-refractivity contribution in [2.24, 2.45) is 0 Å². The Bertz CT molecular complexity index is 69.3. The van der Waals surface area contributed by atoms with Crippen LogP contribution in [0, 0.1) is 0 Å². The smallest absolute Gasteiger partial charge is 0.332 e. The Kier molecular flexibility index (Phi) is 2.37. The van der Waals surface area contributed by atoms with E-state index in [-0.39, 0.29) is 6.42 Å². The van der Waals surface area contributed by atoms with Gasteiger partial charge in [0, 0.05) is 0 Å². The van der Waals surface area contributed by atoms with E-state index in [1.54, 1.807) is 6.92 Å². The Morgan fingerprint density at radius 2 is 2.29 bits per heavy atom. The van der Waals surface area contributed by atoms with Gasteiger partial charge in [-0.05, 0) is 6.42 Å². The quantitative estimate of drug-likeness (QED) is 0.483. The van der Waals surface area contributed by atoms with Crippen molar-refractivity contribution in [1.82, 2.24) is 0 Å². The fraction of sp³-hybridized carbons (Fsp3) is 0.750. The summed E-state index contributed by atoms with van der Waals surface area (Å²) in [4.78, 5) is 9.68. The highest BCUT2D eigenvalue weighted by atomic mass is 16.5. The van der Waals surface area contributed by atoms with Crippen molar-refractivity contribution in [3.63, 3.8) is 0 Å². The molecule has 0 aromatic heterocycles. The summed E-state index contributed by atoms with van der Waals surface area (Å²) in [6, 6.07) is 0. The maximum Gasteiger partial charge on any atom is 0.332 e. The molecule has 0 heterocycles. The summed E-state index contributed by atoms with van der Waals surface area (Å²) in [6.07, 6.45) is -0.907. The van der Waals surface area contributed by atoms with E-state index in [0.717, 1.165) is 0 Å². The first-order chi connectivity index (χ1) is 3.18. The Morgan fingerprint density at radius 1 is 1.86 bits per heavy atom. The van der Waals surface area contributed by atoms with E-state index in [1.165, 1.54) is 0 Å². The number of hydrogen-bond donors (Lipinski definition) is 2. The van der Waals surface area contributed by atoms with Gasteiger partial charge in [-0.15, -0.1) is 0 Å². The van der Waals surface area contributed by atoms with Crippen LogP contribution in [0.15, 0.2) is 0 Å². The maximum atomic E-state index is 9.68. The molecule has 0 bridgehead atoms. The lowest BCUT2D eigenvalue weighted by atomic mass is 11.3. The first-order valence-corrected chi connectivity index (χ1v) is 2.09. The molecule has 3 heteroatoms. The summed E-state index contributed by atoms with van der Waals surface area (Å²) in [5.74, 6) is -1.15. The zero-order valence-electron chi connectivity index (χ0n) is 4.09. The standard InChI is InChI=1S/C4H8O3/c1-2-3(5)4(6)7/h3,5H,2H2,1H3,(H,6,7)/i1+1,2+1,3+1,4+1. The molecule has 0 aliphatic rings. The lowest BCUT2D eigenvalue weighted by molar-refractivity contribution is -0.146. The molecular formula is C4H8O3. The van der Waals surface area contributed by atoms with E-state index >= 15 is 0 Å². The highest BCUT2D eigenvalue weighted by Crippen LogP contribution is 1.86. The molecule has 7 heavy (non-hydrogen) atoms. The minimum Gasteiger partial charge on any atom is -0.479 e. The number of aliphatic carboxylic acids is 1. The normalized spacial score (nSPS) is 13.4. The van der Waals surface area contributed by atoms with Crippen molar-refractivity contribution in [2.45, 2.75) is 19.4 Å². The first-order valence-electron chi connectivity index (χ1n) is 2.09. The molecule has 42 valence electrons. The second-order valence-electron chi connectivity index (χ2n) is 1.26. The van der Waals surface area contributed by atoms with Gasteiger partial charge in [-0.1, -0.05) is 6.92 Å². The predicted molar refractivity (Wildman–Crippen MR) is 23.9 cm³/mol. The van der Waals surface area contributed by atoms with Crippen molar-refractivity contribution in [3.8, 4) is 0 Å². The molecule has 2 N–H and O–H groups in total. The third-order valence-electron chi connectivity index (χ3n) is 0.672. The Balaban J connectivity index is 3.34. The zero-order chi connectivity index (χ0) is 5.86. The van der Waals surface area contributed by atoms with Crippen LogP contribution in [0.2, 0.25) is 0 Å². The minimum absolute atomic E-state index is 0.273. The molecular weight excluding hydrogens is 100 g/mol. The van der Waals surface area contributed by atoms with Crippen LogP contribution < -0.4 is 0 Å². The second-order valence-corrected chi connectivity index (χ2v) is 1.26. The fourth-order valence-corrected chi connectivity index (χ4v) is 0.175. The van der Waals surface area contributed by atoms with E-state index in [9.17, 15) is 4.79 Å². The summed E-state index contributed by atoms with van der Waals surface area (Å²) >= 11 is 0. The van der Waals surface area contributed by atoms with Crippen molar-refractivity contribution in [1.29, 1.82) is 0 Å². The van der Waals surface area contributed by atoms with Gasteiger partial charge >= 0.3 is 5.97 Å². The molecule has 0 saturated carbocycles. The summed E-state index contributed by atoms with van der Waals surface area (Å²) in [5, 5.41) is 16.3. The summed E-state index contributed by atoms with van der Waals surface area (Å²) in [5.41, 5.74) is 0. The van der Waals surface area contributed by atoms with Gasteiger partial charge in [-0.3, -0.25) is 0 Å². The van der Waals surface area contributed by atoms with Gasteiger partial charge in [-0.25, -0.2) is 4.79 Å². The van der Waals surface area contributed by atoms with Gasteiger partial charge in [0.1, 0.15) is 0 Å². The van der Waals surface area contributed by atoms with Gasteiger partial charge in [0.2, 0.25) is 0 Å². The number of carbonyl (C=O) groups is 1. The van der Waals surface area contributed by atoms with E-state index in [0.29, 0.717) is 0 Å². The van der Waals surface area contributed by atoms with E-state index in [1.807, 2.05) is 0 Å². The Morgan fingerprint density at radius 3 is 2.29 bits per heavy atom. The van der Waals surface area contributed by atoms with Crippen LogP contribution in [0.25, 0.3) is 0 Å². The van der Waals surface area contributed by atoms with Gasteiger partial charge in [0.05, 0.1) is 0 Å². The average molecular weight is 108 g/mol. The third-order valence-corrected chi connectivity index (χ3v) is 0.672. The number of hydrogen-bond acceptors (Lipinski definition) is 2. The van der Waals surface area contributed by atoms with Crippen molar-refractivity contribution in [2.75, 3.05) is 0 Å². The molecule has 0 aliphatic carbocycles. The first kappa shape index (κ1) is 6.43. The maximum absolute atomic E-state index is 9.68. The molecule has 0 radical (unpaired) electrons. The monoisotopic (exact) mass is 108 g/mol. The molecule has 0 rings (SSSR count). The van der Waals surface area contributed by atoms with Crippen LogP contribution in [0.1, 0.15) is 13.3 Å². The second kappa shape index (κ2) is 2.58. The number of carboxylic acids is 1. The zero-order valence-corrected chi connectivity index (χ0v) is 4.09.